The maximum atomic E-state index is 12.7. The van der Waals surface area contributed by atoms with Crippen molar-refractivity contribution in [1.82, 2.24) is 0 Å². The van der Waals surface area contributed by atoms with Crippen LogP contribution >= 0.6 is 0 Å². The van der Waals surface area contributed by atoms with Gasteiger partial charge >= 0.3 is 6.09 Å². The Kier molecular flexibility index (Phi) is 6.19. The number of hydrogen-bond donors (Lipinski definition) is 2. The molecular weight excluding hydrogens is 398 g/mol. The van der Waals surface area contributed by atoms with Crippen LogP contribution < -0.4 is 20.3 Å². The van der Waals surface area contributed by atoms with E-state index in [1.165, 1.54) is 4.90 Å². The van der Waals surface area contributed by atoms with Crippen molar-refractivity contribution in [3.8, 4) is 5.75 Å². The van der Waals surface area contributed by atoms with Crippen molar-refractivity contribution in [3.05, 3.63) is 47.5 Å². The van der Waals surface area contributed by atoms with Gasteiger partial charge in [0.1, 0.15) is 17.9 Å². The van der Waals surface area contributed by atoms with Crippen LogP contribution in [0.2, 0.25) is 0 Å². The molecule has 0 saturated carbocycles. The summed E-state index contributed by atoms with van der Waals surface area (Å²) in [7, 11) is 0. The standard InChI is InChI=1S/C23H27N3O5/c1-14-7-6-8-15(2)21(14)25-19(27)12-26-17-11-16(24-22(29)31-23(3,4)5)9-10-18(17)30-13-20(26)28/h6-11H,12-13H2,1-5H3,(H,24,29)(H,25,27). The highest BCUT2D eigenvalue weighted by atomic mass is 16.6. The Morgan fingerprint density at radius 2 is 1.77 bits per heavy atom. The Hall–Kier alpha value is -3.55. The Balaban J connectivity index is 1.79. The Morgan fingerprint density at radius 3 is 2.42 bits per heavy atom. The van der Waals surface area contributed by atoms with Crippen LogP contribution in [0.15, 0.2) is 36.4 Å². The molecule has 0 spiro atoms. The summed E-state index contributed by atoms with van der Waals surface area (Å²) >= 11 is 0. The zero-order valence-corrected chi connectivity index (χ0v) is 18.4. The normalized spacial score (nSPS) is 13.2. The quantitative estimate of drug-likeness (QED) is 0.771. The Bertz CT molecular complexity index is 1010. The van der Waals surface area contributed by atoms with E-state index in [-0.39, 0.29) is 25.0 Å². The smallest absolute Gasteiger partial charge is 0.412 e. The van der Waals surface area contributed by atoms with Gasteiger partial charge in [-0.25, -0.2) is 4.79 Å². The molecule has 8 heteroatoms. The highest BCUT2D eigenvalue weighted by Crippen LogP contribution is 2.34. The predicted molar refractivity (Wildman–Crippen MR) is 119 cm³/mol. The highest BCUT2D eigenvalue weighted by molar-refractivity contribution is 6.06. The molecule has 0 aromatic heterocycles. The second kappa shape index (κ2) is 8.67. The first kappa shape index (κ1) is 22.1. The number of carbonyl (C=O) groups excluding carboxylic acids is 3. The van der Waals surface area contributed by atoms with E-state index in [0.29, 0.717) is 17.1 Å². The average molecular weight is 425 g/mol. The third-order valence-corrected chi connectivity index (χ3v) is 4.59. The van der Waals surface area contributed by atoms with E-state index < -0.39 is 11.7 Å². The number of para-hydroxylation sites is 1. The van der Waals surface area contributed by atoms with Crippen LogP contribution in [0.25, 0.3) is 0 Å². The van der Waals surface area contributed by atoms with Crippen LogP contribution in [-0.4, -0.2) is 36.7 Å². The van der Waals surface area contributed by atoms with Gasteiger partial charge in [-0.3, -0.25) is 19.8 Å². The molecule has 0 atom stereocenters. The van der Waals surface area contributed by atoms with Gasteiger partial charge in [0, 0.05) is 11.4 Å². The second-order valence-corrected chi connectivity index (χ2v) is 8.39. The van der Waals surface area contributed by atoms with Crippen molar-refractivity contribution in [2.45, 2.75) is 40.2 Å². The summed E-state index contributed by atoms with van der Waals surface area (Å²) in [4.78, 5) is 38.7. The minimum Gasteiger partial charge on any atom is -0.482 e. The number of aryl methyl sites for hydroxylation is 2. The molecule has 0 fully saturated rings. The molecule has 0 saturated heterocycles. The topological polar surface area (TPSA) is 97.0 Å². The summed E-state index contributed by atoms with van der Waals surface area (Å²) in [6, 6.07) is 10.6. The maximum Gasteiger partial charge on any atom is 0.412 e. The molecular formula is C23H27N3O5. The summed E-state index contributed by atoms with van der Waals surface area (Å²) in [5.74, 6) is -0.225. The molecule has 0 aliphatic carbocycles. The van der Waals surface area contributed by atoms with Crippen molar-refractivity contribution < 1.29 is 23.9 Å². The number of amides is 3. The molecule has 8 nitrogen and oxygen atoms in total. The molecule has 1 aliphatic heterocycles. The number of nitrogens with one attached hydrogen (secondary N) is 2. The maximum absolute atomic E-state index is 12.7. The number of nitrogens with zero attached hydrogens (tertiary/aromatic N) is 1. The Morgan fingerprint density at radius 1 is 1.10 bits per heavy atom. The molecule has 164 valence electrons. The minimum atomic E-state index is -0.644. The highest BCUT2D eigenvalue weighted by Gasteiger charge is 2.28. The molecule has 0 radical (unpaired) electrons. The molecule has 2 aromatic rings. The number of rotatable bonds is 4. The lowest BCUT2D eigenvalue weighted by Gasteiger charge is -2.29. The minimum absolute atomic E-state index is 0.164. The number of hydrogen-bond acceptors (Lipinski definition) is 5. The van der Waals surface area contributed by atoms with Crippen molar-refractivity contribution >= 4 is 35.0 Å². The van der Waals surface area contributed by atoms with Gasteiger partial charge in [0.05, 0.1) is 5.69 Å². The molecule has 2 aromatic carbocycles. The SMILES string of the molecule is Cc1cccc(C)c1NC(=O)CN1C(=O)COc2ccc(NC(=O)OC(C)(C)C)cc21. The third-order valence-electron chi connectivity index (χ3n) is 4.59. The first-order valence-corrected chi connectivity index (χ1v) is 9.97. The van der Waals surface area contributed by atoms with Crippen LogP contribution in [0, 0.1) is 13.8 Å². The lowest BCUT2D eigenvalue weighted by molar-refractivity contribution is -0.123. The summed E-state index contributed by atoms with van der Waals surface area (Å²) < 4.78 is 10.7. The first-order chi connectivity index (χ1) is 14.5. The third kappa shape index (κ3) is 5.53. The largest absolute Gasteiger partial charge is 0.482 e. The van der Waals surface area contributed by atoms with Crippen LogP contribution in [0.5, 0.6) is 5.75 Å². The van der Waals surface area contributed by atoms with Gasteiger partial charge in [-0.1, -0.05) is 18.2 Å². The molecule has 1 aliphatic rings. The Labute approximate surface area is 181 Å². The summed E-state index contributed by atoms with van der Waals surface area (Å²) in [6.45, 7) is 8.77. The zero-order valence-electron chi connectivity index (χ0n) is 18.4. The van der Waals surface area contributed by atoms with E-state index in [1.807, 2.05) is 32.0 Å². The van der Waals surface area contributed by atoms with Crippen LogP contribution in [-0.2, 0) is 14.3 Å². The van der Waals surface area contributed by atoms with Crippen LogP contribution in [0.4, 0.5) is 21.9 Å². The van der Waals surface area contributed by atoms with Gasteiger partial charge in [0.25, 0.3) is 5.91 Å². The summed E-state index contributed by atoms with van der Waals surface area (Å²) in [6.07, 6.45) is -0.616. The number of carbonyl (C=O) groups is 3. The van der Waals surface area contributed by atoms with Gasteiger partial charge in [0.2, 0.25) is 5.91 Å². The first-order valence-electron chi connectivity index (χ1n) is 9.97. The lowest BCUT2D eigenvalue weighted by atomic mass is 10.1. The lowest BCUT2D eigenvalue weighted by Crippen LogP contribution is -2.43. The van der Waals surface area contributed by atoms with Crippen LogP contribution in [0.1, 0.15) is 31.9 Å². The van der Waals surface area contributed by atoms with E-state index in [2.05, 4.69) is 10.6 Å². The fourth-order valence-corrected chi connectivity index (χ4v) is 3.21. The number of fused-ring (bicyclic) bond motifs is 1. The van der Waals surface area contributed by atoms with E-state index in [1.54, 1.807) is 39.0 Å². The molecule has 0 bridgehead atoms. The van der Waals surface area contributed by atoms with E-state index >= 15 is 0 Å². The van der Waals surface area contributed by atoms with Gasteiger partial charge in [0.15, 0.2) is 6.61 Å². The van der Waals surface area contributed by atoms with E-state index in [4.69, 9.17) is 9.47 Å². The van der Waals surface area contributed by atoms with Gasteiger partial charge in [-0.05, 0) is 63.9 Å². The van der Waals surface area contributed by atoms with Gasteiger partial charge < -0.3 is 14.8 Å². The second-order valence-electron chi connectivity index (χ2n) is 8.39. The fourth-order valence-electron chi connectivity index (χ4n) is 3.21. The molecule has 2 N–H and O–H groups in total. The van der Waals surface area contributed by atoms with E-state index in [0.717, 1.165) is 16.8 Å². The summed E-state index contributed by atoms with van der Waals surface area (Å²) in [5.41, 5.74) is 2.79. The van der Waals surface area contributed by atoms with Gasteiger partial charge in [-0.15, -0.1) is 0 Å². The monoisotopic (exact) mass is 425 g/mol. The number of anilines is 3. The van der Waals surface area contributed by atoms with Crippen molar-refractivity contribution in [3.63, 3.8) is 0 Å². The molecule has 1 heterocycles. The van der Waals surface area contributed by atoms with Gasteiger partial charge in [-0.2, -0.15) is 0 Å². The van der Waals surface area contributed by atoms with Crippen molar-refractivity contribution in [2.24, 2.45) is 0 Å². The fraction of sp³-hybridized carbons (Fsp3) is 0.348. The number of benzene rings is 2. The number of ether oxygens (including phenoxy) is 2. The molecule has 0 unspecified atom stereocenters. The molecule has 31 heavy (non-hydrogen) atoms. The average Bonchev–Trinajstić information content (AvgIpc) is 2.66. The molecule has 3 amide bonds. The van der Waals surface area contributed by atoms with E-state index in [9.17, 15) is 14.4 Å². The van der Waals surface area contributed by atoms with Crippen LogP contribution in [0.3, 0.4) is 0 Å². The van der Waals surface area contributed by atoms with Crippen molar-refractivity contribution in [1.29, 1.82) is 0 Å². The zero-order chi connectivity index (χ0) is 22.8. The predicted octanol–water partition coefficient (Wildman–Crippen LogP) is 4.01. The van der Waals surface area contributed by atoms with Crippen molar-refractivity contribution in [2.75, 3.05) is 28.7 Å². The molecule has 3 rings (SSSR count). The summed E-state index contributed by atoms with van der Waals surface area (Å²) in [5, 5.41) is 5.52.